The summed E-state index contributed by atoms with van der Waals surface area (Å²) in [7, 11) is 0. The Morgan fingerprint density at radius 3 is 2.77 bits per heavy atom. The zero-order valence-electron chi connectivity index (χ0n) is 8.42. The summed E-state index contributed by atoms with van der Waals surface area (Å²) in [6.07, 6.45) is 7.28. The molecule has 2 fully saturated rings. The van der Waals surface area contributed by atoms with E-state index in [1.165, 1.54) is 19.3 Å². The molecule has 1 N–H and O–H groups in total. The fourth-order valence-electron chi connectivity index (χ4n) is 2.04. The Bertz CT molecular complexity index is 214. The summed E-state index contributed by atoms with van der Waals surface area (Å²) in [4.78, 5) is 2.34. The molecule has 2 nitrogen and oxygen atoms in total. The van der Waals surface area contributed by atoms with Crippen LogP contribution >= 0.6 is 0 Å². The standard InChI is InChI=1S/C11H19NO/c1-11(13)6-8-12(9-11)7-5-10-3-2-4-10/h5,13H,2-4,6-9H2,1H3. The van der Waals surface area contributed by atoms with E-state index in [1.54, 1.807) is 5.57 Å². The molecule has 0 spiro atoms. The van der Waals surface area contributed by atoms with Gasteiger partial charge >= 0.3 is 0 Å². The third kappa shape index (κ3) is 2.32. The van der Waals surface area contributed by atoms with E-state index in [-0.39, 0.29) is 0 Å². The Hall–Kier alpha value is -0.340. The largest absolute Gasteiger partial charge is 0.389 e. The molecule has 1 heterocycles. The van der Waals surface area contributed by atoms with E-state index in [4.69, 9.17) is 0 Å². The normalized spacial score (nSPS) is 34.8. The monoisotopic (exact) mass is 181 g/mol. The number of hydrogen-bond donors (Lipinski definition) is 1. The number of β-amino-alcohol motifs (C(OH)–C–C–N with tert-alkyl or cyclic N) is 1. The smallest absolute Gasteiger partial charge is 0.0758 e. The number of hydrogen-bond acceptors (Lipinski definition) is 2. The van der Waals surface area contributed by atoms with E-state index in [9.17, 15) is 5.11 Å². The highest BCUT2D eigenvalue weighted by molar-refractivity contribution is 5.10. The number of allylic oxidation sites excluding steroid dienone is 1. The summed E-state index contributed by atoms with van der Waals surface area (Å²) >= 11 is 0. The quantitative estimate of drug-likeness (QED) is 0.653. The van der Waals surface area contributed by atoms with Crippen molar-refractivity contribution in [1.29, 1.82) is 0 Å². The van der Waals surface area contributed by atoms with Crippen LogP contribution in [0.1, 0.15) is 32.6 Å². The van der Waals surface area contributed by atoms with Gasteiger partial charge in [-0.3, -0.25) is 4.90 Å². The van der Waals surface area contributed by atoms with Crippen molar-refractivity contribution in [3.05, 3.63) is 11.6 Å². The van der Waals surface area contributed by atoms with Gasteiger partial charge in [0.15, 0.2) is 0 Å². The molecular formula is C11H19NO. The summed E-state index contributed by atoms with van der Waals surface area (Å²) in [6.45, 7) is 4.88. The molecule has 1 aliphatic carbocycles. The molecule has 0 bridgehead atoms. The zero-order valence-corrected chi connectivity index (χ0v) is 8.42. The van der Waals surface area contributed by atoms with Crippen molar-refractivity contribution in [2.75, 3.05) is 19.6 Å². The second kappa shape index (κ2) is 3.43. The molecular weight excluding hydrogens is 162 g/mol. The molecule has 0 amide bonds. The summed E-state index contributed by atoms with van der Waals surface area (Å²) in [6, 6.07) is 0. The third-order valence-electron chi connectivity index (χ3n) is 3.16. The van der Waals surface area contributed by atoms with Crippen molar-refractivity contribution in [2.45, 2.75) is 38.2 Å². The highest BCUT2D eigenvalue weighted by atomic mass is 16.3. The van der Waals surface area contributed by atoms with Gasteiger partial charge in [0.2, 0.25) is 0 Å². The van der Waals surface area contributed by atoms with E-state index >= 15 is 0 Å². The molecule has 1 unspecified atom stereocenters. The van der Waals surface area contributed by atoms with E-state index in [0.29, 0.717) is 0 Å². The lowest BCUT2D eigenvalue weighted by Gasteiger charge is -2.20. The van der Waals surface area contributed by atoms with E-state index in [0.717, 1.165) is 26.1 Å². The van der Waals surface area contributed by atoms with Gasteiger partial charge in [0.25, 0.3) is 0 Å². The number of likely N-dealkylation sites (tertiary alicyclic amines) is 1. The summed E-state index contributed by atoms with van der Waals surface area (Å²) < 4.78 is 0. The first kappa shape index (κ1) is 9.22. The maximum Gasteiger partial charge on any atom is 0.0758 e. The summed E-state index contributed by atoms with van der Waals surface area (Å²) in [5.41, 5.74) is 1.18. The molecule has 0 aromatic carbocycles. The predicted molar refractivity (Wildman–Crippen MR) is 53.6 cm³/mol. The van der Waals surface area contributed by atoms with Crippen molar-refractivity contribution in [3.63, 3.8) is 0 Å². The van der Waals surface area contributed by atoms with Crippen LogP contribution in [0.5, 0.6) is 0 Å². The molecule has 2 heteroatoms. The van der Waals surface area contributed by atoms with Crippen molar-refractivity contribution in [3.8, 4) is 0 Å². The van der Waals surface area contributed by atoms with Gasteiger partial charge in [0.05, 0.1) is 5.60 Å². The Labute approximate surface area is 80.2 Å². The Morgan fingerprint density at radius 2 is 2.31 bits per heavy atom. The molecule has 0 aromatic rings. The molecule has 1 atom stereocenters. The van der Waals surface area contributed by atoms with Gasteiger partial charge in [-0.25, -0.2) is 0 Å². The van der Waals surface area contributed by atoms with Crippen molar-refractivity contribution >= 4 is 0 Å². The minimum Gasteiger partial charge on any atom is -0.389 e. The van der Waals surface area contributed by atoms with Crippen LogP contribution < -0.4 is 0 Å². The fraction of sp³-hybridized carbons (Fsp3) is 0.818. The van der Waals surface area contributed by atoms with Crippen LogP contribution in [0.15, 0.2) is 11.6 Å². The van der Waals surface area contributed by atoms with Gasteiger partial charge in [0.1, 0.15) is 0 Å². The van der Waals surface area contributed by atoms with Gasteiger partial charge in [-0.1, -0.05) is 11.6 Å². The predicted octanol–water partition coefficient (Wildman–Crippen LogP) is 1.55. The van der Waals surface area contributed by atoms with E-state index in [1.807, 2.05) is 6.92 Å². The lowest BCUT2D eigenvalue weighted by atomic mass is 9.92. The van der Waals surface area contributed by atoms with Crippen LogP contribution in [0, 0.1) is 0 Å². The van der Waals surface area contributed by atoms with Crippen molar-refractivity contribution < 1.29 is 5.11 Å². The second-order valence-corrected chi connectivity index (χ2v) is 4.70. The minimum absolute atomic E-state index is 0.432. The average Bonchev–Trinajstić information content (AvgIpc) is 2.27. The average molecular weight is 181 g/mol. The molecule has 0 radical (unpaired) electrons. The van der Waals surface area contributed by atoms with Crippen LogP contribution in [0.3, 0.4) is 0 Å². The van der Waals surface area contributed by atoms with Gasteiger partial charge in [-0.05, 0) is 32.6 Å². The first-order chi connectivity index (χ1) is 6.16. The molecule has 2 aliphatic rings. The first-order valence-corrected chi connectivity index (χ1v) is 5.28. The Morgan fingerprint density at radius 1 is 1.54 bits per heavy atom. The van der Waals surface area contributed by atoms with Crippen molar-refractivity contribution in [1.82, 2.24) is 4.90 Å². The minimum atomic E-state index is -0.432. The molecule has 74 valence electrons. The molecule has 0 aromatic heterocycles. The van der Waals surface area contributed by atoms with Crippen LogP contribution in [0.4, 0.5) is 0 Å². The highest BCUT2D eigenvalue weighted by Crippen LogP contribution is 2.26. The van der Waals surface area contributed by atoms with Crippen molar-refractivity contribution in [2.24, 2.45) is 0 Å². The Balaban J connectivity index is 1.77. The molecule has 1 saturated heterocycles. The molecule has 1 aliphatic heterocycles. The summed E-state index contributed by atoms with van der Waals surface area (Å²) in [5.74, 6) is 0. The SMILES string of the molecule is CC1(O)CCN(CC=C2CCC2)C1. The molecule has 2 rings (SSSR count). The first-order valence-electron chi connectivity index (χ1n) is 5.28. The number of aliphatic hydroxyl groups is 1. The zero-order chi connectivity index (χ0) is 9.31. The lowest BCUT2D eigenvalue weighted by Crippen LogP contribution is -2.29. The second-order valence-electron chi connectivity index (χ2n) is 4.70. The lowest BCUT2D eigenvalue weighted by molar-refractivity contribution is 0.0702. The number of rotatable bonds is 2. The van der Waals surface area contributed by atoms with Crippen LogP contribution in [-0.4, -0.2) is 35.2 Å². The van der Waals surface area contributed by atoms with Gasteiger partial charge < -0.3 is 5.11 Å². The Kier molecular flexibility index (Phi) is 2.43. The van der Waals surface area contributed by atoms with Gasteiger partial charge in [-0.15, -0.1) is 0 Å². The number of nitrogens with zero attached hydrogens (tertiary/aromatic N) is 1. The molecule has 1 saturated carbocycles. The maximum atomic E-state index is 9.74. The van der Waals surface area contributed by atoms with Crippen LogP contribution in [0.2, 0.25) is 0 Å². The van der Waals surface area contributed by atoms with E-state index < -0.39 is 5.60 Å². The van der Waals surface area contributed by atoms with Gasteiger partial charge in [-0.2, -0.15) is 0 Å². The third-order valence-corrected chi connectivity index (χ3v) is 3.16. The summed E-state index contributed by atoms with van der Waals surface area (Å²) in [5, 5.41) is 9.74. The highest BCUT2D eigenvalue weighted by Gasteiger charge is 2.30. The van der Waals surface area contributed by atoms with Crippen LogP contribution in [-0.2, 0) is 0 Å². The topological polar surface area (TPSA) is 23.5 Å². The molecule has 13 heavy (non-hydrogen) atoms. The maximum absolute atomic E-state index is 9.74. The van der Waals surface area contributed by atoms with E-state index in [2.05, 4.69) is 11.0 Å². The van der Waals surface area contributed by atoms with Crippen LogP contribution in [0.25, 0.3) is 0 Å². The fourth-order valence-corrected chi connectivity index (χ4v) is 2.04. The van der Waals surface area contributed by atoms with Gasteiger partial charge in [0, 0.05) is 19.6 Å².